The summed E-state index contributed by atoms with van der Waals surface area (Å²) in [6, 6.07) is 5.14. The molecular weight excluding hydrogens is 240 g/mol. The van der Waals surface area contributed by atoms with Gasteiger partial charge in [0.2, 0.25) is 5.91 Å². The van der Waals surface area contributed by atoms with Crippen LogP contribution in [0.15, 0.2) is 18.2 Å². The van der Waals surface area contributed by atoms with Crippen molar-refractivity contribution in [2.45, 2.75) is 51.0 Å². The normalized spacial score (nSPS) is 18.0. The van der Waals surface area contributed by atoms with E-state index in [2.05, 4.69) is 5.32 Å². The minimum atomic E-state index is -0.352. The van der Waals surface area contributed by atoms with Crippen LogP contribution in [0.4, 0.5) is 5.69 Å². The second-order valence-electron chi connectivity index (χ2n) is 5.65. The second-order valence-corrected chi connectivity index (χ2v) is 5.65. The van der Waals surface area contributed by atoms with Crippen LogP contribution in [-0.4, -0.2) is 16.6 Å². The first kappa shape index (κ1) is 13.9. The van der Waals surface area contributed by atoms with E-state index in [1.54, 1.807) is 18.2 Å². The van der Waals surface area contributed by atoms with Crippen molar-refractivity contribution in [3.8, 4) is 5.75 Å². The molecule has 1 amide bonds. The number of aryl methyl sites for hydroxylation is 1. The zero-order valence-electron chi connectivity index (χ0n) is 11.4. The molecule has 1 aromatic rings. The van der Waals surface area contributed by atoms with Crippen LogP contribution in [0.5, 0.6) is 5.75 Å². The maximum absolute atomic E-state index is 12.0. The molecule has 104 valence electrons. The lowest BCUT2D eigenvalue weighted by Gasteiger charge is -2.32. The van der Waals surface area contributed by atoms with Gasteiger partial charge in [-0.15, -0.1) is 0 Å². The molecule has 0 atom stereocenters. The minimum Gasteiger partial charge on any atom is -0.508 e. The van der Waals surface area contributed by atoms with Gasteiger partial charge in [-0.1, -0.05) is 25.3 Å². The fraction of sp³-hybridized carbons (Fsp3) is 0.533. The molecule has 0 spiro atoms. The molecule has 0 aromatic heterocycles. The van der Waals surface area contributed by atoms with E-state index < -0.39 is 0 Å². The maximum atomic E-state index is 12.0. The van der Waals surface area contributed by atoms with E-state index in [9.17, 15) is 9.90 Å². The molecule has 2 rings (SSSR count). The Bertz CT molecular complexity index is 465. The number of carbonyl (C=O) groups is 1. The van der Waals surface area contributed by atoms with Crippen LogP contribution in [0.2, 0.25) is 0 Å². The Hall–Kier alpha value is -1.55. The van der Waals surface area contributed by atoms with Crippen molar-refractivity contribution in [3.05, 3.63) is 23.8 Å². The topological polar surface area (TPSA) is 75.4 Å². The summed E-state index contributed by atoms with van der Waals surface area (Å²) in [6.07, 6.45) is 5.61. The largest absolute Gasteiger partial charge is 0.508 e. The zero-order valence-corrected chi connectivity index (χ0v) is 11.4. The molecule has 1 saturated carbocycles. The van der Waals surface area contributed by atoms with E-state index in [-0.39, 0.29) is 17.2 Å². The van der Waals surface area contributed by atoms with Gasteiger partial charge in [0.1, 0.15) is 5.75 Å². The molecule has 1 aliphatic rings. The molecule has 0 radical (unpaired) electrons. The van der Waals surface area contributed by atoms with Gasteiger partial charge in [-0.25, -0.2) is 0 Å². The number of amides is 1. The summed E-state index contributed by atoms with van der Waals surface area (Å²) < 4.78 is 0. The molecule has 1 fully saturated rings. The maximum Gasteiger partial charge on any atom is 0.226 e. The van der Waals surface area contributed by atoms with Crippen LogP contribution in [0.1, 0.15) is 44.1 Å². The van der Waals surface area contributed by atoms with Crippen LogP contribution < -0.4 is 11.1 Å². The van der Waals surface area contributed by atoms with Gasteiger partial charge in [0.05, 0.1) is 0 Å². The number of benzene rings is 1. The van der Waals surface area contributed by atoms with Gasteiger partial charge in [0.15, 0.2) is 0 Å². The Morgan fingerprint density at radius 3 is 2.68 bits per heavy atom. The number of hydrogen-bond acceptors (Lipinski definition) is 3. The van der Waals surface area contributed by atoms with Gasteiger partial charge < -0.3 is 16.2 Å². The Morgan fingerprint density at radius 1 is 1.37 bits per heavy atom. The van der Waals surface area contributed by atoms with Gasteiger partial charge >= 0.3 is 0 Å². The lowest BCUT2D eigenvalue weighted by Crippen LogP contribution is -2.44. The van der Waals surface area contributed by atoms with E-state index in [4.69, 9.17) is 5.73 Å². The number of aromatic hydroxyl groups is 1. The minimum absolute atomic E-state index is 0.0762. The third kappa shape index (κ3) is 3.70. The van der Waals surface area contributed by atoms with E-state index in [1.165, 1.54) is 6.42 Å². The van der Waals surface area contributed by atoms with Gasteiger partial charge in [-0.3, -0.25) is 4.79 Å². The van der Waals surface area contributed by atoms with Crippen molar-refractivity contribution in [3.63, 3.8) is 0 Å². The first-order valence-corrected chi connectivity index (χ1v) is 6.87. The molecule has 4 nitrogen and oxygen atoms in total. The Balaban J connectivity index is 1.95. The van der Waals surface area contributed by atoms with Gasteiger partial charge in [0, 0.05) is 23.7 Å². The van der Waals surface area contributed by atoms with E-state index >= 15 is 0 Å². The molecule has 0 aliphatic heterocycles. The summed E-state index contributed by atoms with van der Waals surface area (Å²) >= 11 is 0. The molecule has 1 aromatic carbocycles. The van der Waals surface area contributed by atoms with Crippen LogP contribution >= 0.6 is 0 Å². The van der Waals surface area contributed by atoms with Crippen molar-refractivity contribution in [1.29, 1.82) is 0 Å². The third-order valence-corrected chi connectivity index (χ3v) is 3.85. The average molecular weight is 262 g/mol. The van der Waals surface area contributed by atoms with Crippen molar-refractivity contribution >= 4 is 11.6 Å². The molecule has 19 heavy (non-hydrogen) atoms. The SMILES string of the molecule is Cc1ccc(NC(=O)CC2(N)CCCCC2)cc1O. The highest BCUT2D eigenvalue weighted by Crippen LogP contribution is 2.29. The van der Waals surface area contributed by atoms with Crippen LogP contribution in [0, 0.1) is 6.92 Å². The highest BCUT2D eigenvalue weighted by molar-refractivity contribution is 5.91. The number of anilines is 1. The first-order valence-electron chi connectivity index (χ1n) is 6.87. The molecule has 0 saturated heterocycles. The van der Waals surface area contributed by atoms with Gasteiger partial charge in [-0.2, -0.15) is 0 Å². The van der Waals surface area contributed by atoms with E-state index in [0.29, 0.717) is 12.1 Å². The van der Waals surface area contributed by atoms with Crippen LogP contribution in [-0.2, 0) is 4.79 Å². The van der Waals surface area contributed by atoms with Crippen molar-refractivity contribution < 1.29 is 9.90 Å². The standard InChI is InChI=1S/C15H22N2O2/c1-11-5-6-12(9-13(11)18)17-14(19)10-15(16)7-3-2-4-8-15/h5-6,9,18H,2-4,7-8,10,16H2,1H3,(H,17,19). The van der Waals surface area contributed by atoms with Crippen LogP contribution in [0.25, 0.3) is 0 Å². The smallest absolute Gasteiger partial charge is 0.226 e. The zero-order chi connectivity index (χ0) is 13.9. The second kappa shape index (κ2) is 5.61. The summed E-state index contributed by atoms with van der Waals surface area (Å²) in [7, 11) is 0. The summed E-state index contributed by atoms with van der Waals surface area (Å²) in [5, 5.41) is 12.4. The third-order valence-electron chi connectivity index (χ3n) is 3.85. The first-order chi connectivity index (χ1) is 8.98. The molecule has 0 heterocycles. The number of carbonyl (C=O) groups excluding carboxylic acids is 1. The summed E-state index contributed by atoms with van der Waals surface area (Å²) in [5.41, 5.74) is 7.32. The molecule has 0 bridgehead atoms. The Morgan fingerprint density at radius 2 is 2.05 bits per heavy atom. The van der Waals surface area contributed by atoms with Crippen molar-refractivity contribution in [1.82, 2.24) is 0 Å². The fourth-order valence-corrected chi connectivity index (χ4v) is 2.64. The quantitative estimate of drug-likeness (QED) is 0.784. The number of rotatable bonds is 3. The lowest BCUT2D eigenvalue weighted by molar-refractivity contribution is -0.117. The number of nitrogens with one attached hydrogen (secondary N) is 1. The highest BCUT2D eigenvalue weighted by Gasteiger charge is 2.29. The predicted molar refractivity (Wildman–Crippen MR) is 76.1 cm³/mol. The molecule has 4 N–H and O–H groups in total. The van der Waals surface area contributed by atoms with E-state index in [1.807, 2.05) is 6.92 Å². The summed E-state index contributed by atoms with van der Waals surface area (Å²) in [6.45, 7) is 1.82. The molecule has 0 unspecified atom stereocenters. The fourth-order valence-electron chi connectivity index (χ4n) is 2.64. The molecule has 1 aliphatic carbocycles. The van der Waals surface area contributed by atoms with Gasteiger partial charge in [-0.05, 0) is 31.4 Å². The number of phenolic OH excluding ortho intramolecular Hbond substituents is 1. The Labute approximate surface area is 114 Å². The molecular formula is C15H22N2O2. The average Bonchev–Trinajstić information content (AvgIpc) is 2.34. The molecule has 4 heteroatoms. The van der Waals surface area contributed by atoms with E-state index in [0.717, 1.165) is 31.2 Å². The Kier molecular flexibility index (Phi) is 4.10. The number of phenols is 1. The highest BCUT2D eigenvalue weighted by atomic mass is 16.3. The van der Waals surface area contributed by atoms with Gasteiger partial charge in [0.25, 0.3) is 0 Å². The predicted octanol–water partition coefficient (Wildman–Crippen LogP) is 2.69. The van der Waals surface area contributed by atoms with Crippen LogP contribution in [0.3, 0.4) is 0 Å². The van der Waals surface area contributed by atoms with Crippen molar-refractivity contribution in [2.24, 2.45) is 5.73 Å². The number of nitrogens with two attached hydrogens (primary N) is 1. The summed E-state index contributed by atoms with van der Waals surface area (Å²) in [5.74, 6) is 0.116. The lowest BCUT2D eigenvalue weighted by atomic mass is 9.80. The van der Waals surface area contributed by atoms with Crippen molar-refractivity contribution in [2.75, 3.05) is 5.32 Å². The number of hydrogen-bond donors (Lipinski definition) is 3. The monoisotopic (exact) mass is 262 g/mol. The summed E-state index contributed by atoms with van der Waals surface area (Å²) in [4.78, 5) is 12.0.